The monoisotopic (exact) mass is 358 g/mol. The van der Waals surface area contributed by atoms with Gasteiger partial charge >= 0.3 is 6.18 Å². The average molecular weight is 359 g/mol. The van der Waals surface area contributed by atoms with Gasteiger partial charge in [-0.05, 0) is 30.5 Å². The lowest BCUT2D eigenvalue weighted by Crippen LogP contribution is -2.31. The van der Waals surface area contributed by atoms with E-state index in [1.807, 2.05) is 0 Å². The van der Waals surface area contributed by atoms with Gasteiger partial charge in [-0.25, -0.2) is 12.7 Å². The van der Waals surface area contributed by atoms with Crippen LogP contribution < -0.4 is 5.73 Å². The second-order valence-electron chi connectivity index (χ2n) is 5.16. The summed E-state index contributed by atoms with van der Waals surface area (Å²) >= 11 is 0. The third-order valence-electron chi connectivity index (χ3n) is 3.64. The first-order valence-corrected chi connectivity index (χ1v) is 8.18. The van der Waals surface area contributed by atoms with Crippen molar-refractivity contribution in [1.29, 1.82) is 0 Å². The number of sulfonamides is 1. The fraction of sp³-hybridized carbons (Fsp3) is 0.538. The molecule has 0 amide bonds. The van der Waals surface area contributed by atoms with Crippen LogP contribution >= 0.6 is 12.4 Å². The highest BCUT2D eigenvalue weighted by atomic mass is 35.5. The zero-order valence-electron chi connectivity index (χ0n) is 11.7. The van der Waals surface area contributed by atoms with Crippen molar-refractivity contribution in [3.8, 4) is 0 Å². The minimum Gasteiger partial charge on any atom is -0.330 e. The third kappa shape index (κ3) is 4.34. The molecule has 1 saturated heterocycles. The molecule has 2 N–H and O–H groups in total. The molecule has 1 aliphatic heterocycles. The second-order valence-corrected chi connectivity index (χ2v) is 7.13. The number of hydrogen-bond donors (Lipinski definition) is 1. The molecule has 1 unspecified atom stereocenters. The highest BCUT2D eigenvalue weighted by Gasteiger charge is 2.36. The molecule has 2 rings (SSSR count). The molecule has 1 atom stereocenters. The van der Waals surface area contributed by atoms with Crippen molar-refractivity contribution in [2.75, 3.05) is 19.6 Å². The number of halogens is 4. The maximum Gasteiger partial charge on any atom is 0.416 e. The Morgan fingerprint density at radius 1 is 1.27 bits per heavy atom. The fourth-order valence-electron chi connectivity index (χ4n) is 2.45. The minimum absolute atomic E-state index is 0. The molecule has 1 aromatic rings. The van der Waals surface area contributed by atoms with E-state index in [0.29, 0.717) is 19.5 Å². The zero-order valence-corrected chi connectivity index (χ0v) is 13.3. The van der Waals surface area contributed by atoms with Crippen LogP contribution in [0.2, 0.25) is 0 Å². The summed E-state index contributed by atoms with van der Waals surface area (Å²) in [4.78, 5) is 0. The first-order valence-electron chi connectivity index (χ1n) is 6.57. The van der Waals surface area contributed by atoms with E-state index in [-0.39, 0.29) is 30.4 Å². The van der Waals surface area contributed by atoms with Gasteiger partial charge in [-0.2, -0.15) is 13.2 Å². The Balaban J connectivity index is 0.00000242. The van der Waals surface area contributed by atoms with Crippen molar-refractivity contribution in [3.63, 3.8) is 0 Å². The number of rotatable bonds is 4. The van der Waals surface area contributed by atoms with Gasteiger partial charge in [0, 0.05) is 13.1 Å². The summed E-state index contributed by atoms with van der Waals surface area (Å²) in [6, 6.07) is 4.76. The predicted molar refractivity (Wildman–Crippen MR) is 80.1 cm³/mol. The highest BCUT2D eigenvalue weighted by molar-refractivity contribution is 7.88. The van der Waals surface area contributed by atoms with Crippen molar-refractivity contribution in [3.05, 3.63) is 35.4 Å². The molecule has 1 aromatic carbocycles. The van der Waals surface area contributed by atoms with E-state index in [1.54, 1.807) is 0 Å². The normalized spacial score (nSPS) is 19.9. The molecule has 0 aliphatic carbocycles. The van der Waals surface area contributed by atoms with Gasteiger partial charge in [0.2, 0.25) is 10.0 Å². The van der Waals surface area contributed by atoms with Crippen LogP contribution in [0.5, 0.6) is 0 Å². The third-order valence-corrected chi connectivity index (χ3v) is 5.43. The fourth-order valence-corrected chi connectivity index (χ4v) is 4.10. The van der Waals surface area contributed by atoms with Crippen LogP contribution in [0.25, 0.3) is 0 Å². The lowest BCUT2D eigenvalue weighted by Gasteiger charge is -2.18. The van der Waals surface area contributed by atoms with Crippen LogP contribution in [0, 0.1) is 5.92 Å². The smallest absolute Gasteiger partial charge is 0.330 e. The molecule has 0 radical (unpaired) electrons. The number of alkyl halides is 3. The molecule has 1 aliphatic rings. The van der Waals surface area contributed by atoms with Gasteiger partial charge in [0.25, 0.3) is 0 Å². The van der Waals surface area contributed by atoms with Gasteiger partial charge in [-0.3, -0.25) is 0 Å². The maximum atomic E-state index is 12.9. The van der Waals surface area contributed by atoms with Crippen LogP contribution in [0.3, 0.4) is 0 Å². The van der Waals surface area contributed by atoms with Gasteiger partial charge < -0.3 is 5.73 Å². The van der Waals surface area contributed by atoms with Crippen LogP contribution in [-0.4, -0.2) is 32.4 Å². The summed E-state index contributed by atoms with van der Waals surface area (Å²) in [5.41, 5.74) is 4.38. The second kappa shape index (κ2) is 7.16. The lowest BCUT2D eigenvalue weighted by molar-refractivity contribution is -0.138. The van der Waals surface area contributed by atoms with E-state index in [2.05, 4.69) is 0 Å². The number of nitrogens with zero attached hydrogens (tertiary/aromatic N) is 1. The Hall–Kier alpha value is -0.830. The van der Waals surface area contributed by atoms with Gasteiger partial charge in [0.05, 0.1) is 11.3 Å². The summed E-state index contributed by atoms with van der Waals surface area (Å²) < 4.78 is 64.4. The number of benzene rings is 1. The highest BCUT2D eigenvalue weighted by Crippen LogP contribution is 2.33. The molecule has 9 heteroatoms. The van der Waals surface area contributed by atoms with E-state index >= 15 is 0 Å². The minimum atomic E-state index is -4.56. The Kier molecular flexibility index (Phi) is 6.26. The van der Waals surface area contributed by atoms with E-state index in [1.165, 1.54) is 22.5 Å². The Bertz CT molecular complexity index is 608. The number of nitrogens with two attached hydrogens (primary N) is 1. The predicted octanol–water partition coefficient (Wildman–Crippen LogP) is 2.24. The van der Waals surface area contributed by atoms with Crippen molar-refractivity contribution in [2.24, 2.45) is 11.7 Å². The van der Waals surface area contributed by atoms with Crippen LogP contribution in [0.15, 0.2) is 24.3 Å². The average Bonchev–Trinajstić information content (AvgIpc) is 2.87. The molecular weight excluding hydrogens is 341 g/mol. The summed E-state index contributed by atoms with van der Waals surface area (Å²) in [5.74, 6) is -0.558. The van der Waals surface area contributed by atoms with E-state index in [0.717, 1.165) is 6.07 Å². The SMILES string of the molecule is Cl.NCC1CCN(S(=O)(=O)Cc2ccccc2C(F)(F)F)C1. The van der Waals surface area contributed by atoms with Crippen molar-refractivity contribution >= 4 is 22.4 Å². The van der Waals surface area contributed by atoms with Crippen LogP contribution in [0.4, 0.5) is 13.2 Å². The molecule has 22 heavy (non-hydrogen) atoms. The first-order chi connectivity index (χ1) is 9.74. The van der Waals surface area contributed by atoms with Gasteiger partial charge in [0.15, 0.2) is 0 Å². The molecule has 4 nitrogen and oxygen atoms in total. The topological polar surface area (TPSA) is 63.4 Å². The van der Waals surface area contributed by atoms with Gasteiger partial charge in [0.1, 0.15) is 0 Å². The molecule has 1 heterocycles. The van der Waals surface area contributed by atoms with E-state index < -0.39 is 27.5 Å². The van der Waals surface area contributed by atoms with Crippen LogP contribution in [-0.2, 0) is 22.0 Å². The van der Waals surface area contributed by atoms with Crippen molar-refractivity contribution < 1.29 is 21.6 Å². The molecular formula is C13H18ClF3N2O2S. The van der Waals surface area contributed by atoms with Gasteiger partial charge in [-0.1, -0.05) is 18.2 Å². The first kappa shape index (κ1) is 19.2. The molecule has 126 valence electrons. The summed E-state index contributed by atoms with van der Waals surface area (Å²) in [7, 11) is -3.76. The summed E-state index contributed by atoms with van der Waals surface area (Å²) in [6.45, 7) is 0.983. The quantitative estimate of drug-likeness (QED) is 0.897. The molecule has 0 bridgehead atoms. The molecule has 0 saturated carbocycles. The van der Waals surface area contributed by atoms with Crippen molar-refractivity contribution in [2.45, 2.75) is 18.3 Å². The van der Waals surface area contributed by atoms with Crippen molar-refractivity contribution in [1.82, 2.24) is 4.31 Å². The standard InChI is InChI=1S/C13H17F3N2O2S.ClH/c14-13(15,16)12-4-2-1-3-11(12)9-21(19,20)18-6-5-10(7-17)8-18;/h1-4,10H,5-9,17H2;1H. The van der Waals surface area contributed by atoms with E-state index in [4.69, 9.17) is 5.73 Å². The Morgan fingerprint density at radius 2 is 1.91 bits per heavy atom. The Labute approximate surface area is 133 Å². The summed E-state index contributed by atoms with van der Waals surface area (Å²) in [5, 5.41) is 0. The molecule has 0 aromatic heterocycles. The van der Waals surface area contributed by atoms with Gasteiger partial charge in [-0.15, -0.1) is 12.4 Å². The molecule has 1 fully saturated rings. The zero-order chi connectivity index (χ0) is 15.7. The summed E-state index contributed by atoms with van der Waals surface area (Å²) in [6.07, 6.45) is -3.91. The Morgan fingerprint density at radius 3 is 2.45 bits per heavy atom. The largest absolute Gasteiger partial charge is 0.416 e. The maximum absolute atomic E-state index is 12.9. The van der Waals surface area contributed by atoms with Crippen LogP contribution in [0.1, 0.15) is 17.5 Å². The molecule has 0 spiro atoms. The number of hydrogen-bond acceptors (Lipinski definition) is 3. The van der Waals surface area contributed by atoms with E-state index in [9.17, 15) is 21.6 Å². The lowest BCUT2D eigenvalue weighted by atomic mass is 10.1.